The fraction of sp³-hybridized carbons (Fsp3) is 0.240. The van der Waals surface area contributed by atoms with Crippen molar-refractivity contribution in [3.63, 3.8) is 0 Å². The van der Waals surface area contributed by atoms with Crippen molar-refractivity contribution in [2.75, 3.05) is 16.8 Å². The number of carboxylic acid groups (broad SMARTS) is 1. The fourth-order valence-electron chi connectivity index (χ4n) is 4.54. The molecule has 196 valence electrons. The number of hydrogen-bond donors (Lipinski definition) is 2. The number of pyridine rings is 1. The Morgan fingerprint density at radius 3 is 2.58 bits per heavy atom. The van der Waals surface area contributed by atoms with Crippen LogP contribution in [0.5, 0.6) is 0 Å². The number of para-hydroxylation sites is 1. The summed E-state index contributed by atoms with van der Waals surface area (Å²) >= 11 is 0. The van der Waals surface area contributed by atoms with Crippen molar-refractivity contribution in [3.8, 4) is 0 Å². The quantitative estimate of drug-likeness (QED) is 0.405. The number of nitrogens with zero attached hydrogens (tertiary/aromatic N) is 6. The van der Waals surface area contributed by atoms with Gasteiger partial charge < -0.3 is 19.9 Å². The minimum Gasteiger partial charge on any atom is -0.478 e. The maximum Gasteiger partial charge on any atom is 0.451 e. The second kappa shape index (κ2) is 9.01. The molecule has 0 fully saturated rings. The van der Waals surface area contributed by atoms with Gasteiger partial charge in [0, 0.05) is 30.5 Å². The predicted octanol–water partition coefficient (Wildman–Crippen LogP) is 3.72. The van der Waals surface area contributed by atoms with Crippen molar-refractivity contribution in [3.05, 3.63) is 87.4 Å². The molecular weight excluding hydrogens is 503 g/mol. The summed E-state index contributed by atoms with van der Waals surface area (Å²) in [6.45, 7) is 7.58. The smallest absolute Gasteiger partial charge is 0.451 e. The highest BCUT2D eigenvalue weighted by Gasteiger charge is 2.39. The van der Waals surface area contributed by atoms with Crippen LogP contribution in [0.2, 0.25) is 0 Å². The maximum atomic E-state index is 13.4. The lowest BCUT2D eigenvalue weighted by Crippen LogP contribution is -2.37. The molecule has 0 saturated heterocycles. The fourth-order valence-corrected chi connectivity index (χ4v) is 4.54. The van der Waals surface area contributed by atoms with E-state index in [0.717, 1.165) is 10.1 Å². The number of nitrogens with one attached hydrogen (secondary N) is 1. The number of halogens is 3. The Kier molecular flexibility index (Phi) is 5.93. The van der Waals surface area contributed by atoms with E-state index in [-0.39, 0.29) is 42.2 Å². The second-order valence-electron chi connectivity index (χ2n) is 8.96. The van der Waals surface area contributed by atoms with E-state index in [1.807, 2.05) is 0 Å². The Bertz CT molecular complexity index is 1670. The summed E-state index contributed by atoms with van der Waals surface area (Å²) in [6, 6.07) is 8.10. The third-order valence-corrected chi connectivity index (χ3v) is 6.34. The maximum absolute atomic E-state index is 13.4. The third-order valence-electron chi connectivity index (χ3n) is 6.34. The zero-order valence-electron chi connectivity index (χ0n) is 20.4. The van der Waals surface area contributed by atoms with Gasteiger partial charge in [0.2, 0.25) is 5.82 Å². The van der Waals surface area contributed by atoms with Gasteiger partial charge in [0.1, 0.15) is 5.82 Å². The standard InChI is InChI=1S/C25H22F3N7O3/c1-13-10-17(15(3)29-18-7-5-4-6-16(18)23(37)38)21-30-20(14(2)22(36)35(21)11-13)33-8-9-34-19(12-33)31-32-24(34)25(26,27)28/h4-7,10-11,29H,3,8-9,12H2,1-2H3,(H,37,38). The van der Waals surface area contributed by atoms with E-state index in [0.29, 0.717) is 28.3 Å². The normalized spacial score (nSPS) is 13.4. The largest absolute Gasteiger partial charge is 0.478 e. The topological polar surface area (TPSA) is 118 Å². The number of fused-ring (bicyclic) bond motifs is 2. The highest BCUT2D eigenvalue weighted by Crippen LogP contribution is 2.31. The molecule has 10 nitrogen and oxygen atoms in total. The van der Waals surface area contributed by atoms with Crippen LogP contribution in [0.25, 0.3) is 11.3 Å². The number of carbonyl (C=O) groups is 1. The van der Waals surface area contributed by atoms with Gasteiger partial charge in [-0.05, 0) is 37.6 Å². The molecule has 0 bridgehead atoms. The Morgan fingerprint density at radius 2 is 1.87 bits per heavy atom. The summed E-state index contributed by atoms with van der Waals surface area (Å²) in [7, 11) is 0. The molecule has 1 aliphatic rings. The van der Waals surface area contributed by atoms with Crippen LogP contribution < -0.4 is 15.8 Å². The first kappa shape index (κ1) is 25.0. The van der Waals surface area contributed by atoms with Crippen molar-refractivity contribution in [1.29, 1.82) is 0 Å². The van der Waals surface area contributed by atoms with Crippen LogP contribution in [-0.2, 0) is 19.3 Å². The van der Waals surface area contributed by atoms with E-state index < -0.39 is 18.0 Å². The molecule has 13 heteroatoms. The molecule has 0 atom stereocenters. The molecule has 5 rings (SSSR count). The summed E-state index contributed by atoms with van der Waals surface area (Å²) in [4.78, 5) is 31.5. The Balaban J connectivity index is 1.57. The first-order valence-electron chi connectivity index (χ1n) is 11.5. The highest BCUT2D eigenvalue weighted by molar-refractivity contribution is 5.97. The van der Waals surface area contributed by atoms with Gasteiger partial charge in [0.25, 0.3) is 5.56 Å². The van der Waals surface area contributed by atoms with Gasteiger partial charge in [0.05, 0.1) is 23.4 Å². The second-order valence-corrected chi connectivity index (χ2v) is 8.96. The lowest BCUT2D eigenvalue weighted by Gasteiger charge is -2.30. The first-order chi connectivity index (χ1) is 18.0. The molecule has 0 saturated carbocycles. The molecule has 0 aliphatic carbocycles. The summed E-state index contributed by atoms with van der Waals surface area (Å²) < 4.78 is 42.2. The van der Waals surface area contributed by atoms with E-state index >= 15 is 0 Å². The van der Waals surface area contributed by atoms with Crippen molar-refractivity contribution in [1.82, 2.24) is 24.1 Å². The van der Waals surface area contributed by atoms with Crippen molar-refractivity contribution in [2.45, 2.75) is 33.1 Å². The predicted molar refractivity (Wildman–Crippen MR) is 133 cm³/mol. The molecule has 0 radical (unpaired) electrons. The van der Waals surface area contributed by atoms with Crippen LogP contribution in [0, 0.1) is 13.8 Å². The number of anilines is 2. The molecule has 3 aromatic heterocycles. The lowest BCUT2D eigenvalue weighted by molar-refractivity contribution is -0.147. The summed E-state index contributed by atoms with van der Waals surface area (Å²) in [6.07, 6.45) is -2.99. The van der Waals surface area contributed by atoms with E-state index in [1.165, 1.54) is 10.5 Å². The van der Waals surface area contributed by atoms with Gasteiger partial charge in [-0.25, -0.2) is 9.78 Å². The molecular formula is C25H22F3N7O3. The number of carboxylic acids is 1. The van der Waals surface area contributed by atoms with Crippen LogP contribution in [0.4, 0.5) is 24.7 Å². The number of alkyl halides is 3. The number of aromatic carboxylic acids is 1. The number of benzene rings is 1. The van der Waals surface area contributed by atoms with E-state index in [1.54, 1.807) is 49.2 Å². The van der Waals surface area contributed by atoms with Crippen molar-refractivity contribution < 1.29 is 23.1 Å². The monoisotopic (exact) mass is 525 g/mol. The van der Waals surface area contributed by atoms with Crippen LogP contribution in [0.1, 0.15) is 38.7 Å². The van der Waals surface area contributed by atoms with Gasteiger partial charge >= 0.3 is 12.1 Å². The van der Waals surface area contributed by atoms with Gasteiger partial charge in [-0.1, -0.05) is 18.7 Å². The molecule has 1 aliphatic heterocycles. The van der Waals surface area contributed by atoms with E-state index in [9.17, 15) is 27.9 Å². The van der Waals surface area contributed by atoms with Crippen LogP contribution in [-0.4, -0.2) is 41.8 Å². The van der Waals surface area contributed by atoms with Gasteiger partial charge in [-0.2, -0.15) is 13.2 Å². The van der Waals surface area contributed by atoms with Crippen LogP contribution >= 0.6 is 0 Å². The molecule has 0 amide bonds. The summed E-state index contributed by atoms with van der Waals surface area (Å²) in [5.41, 5.74) is 2.10. The summed E-state index contributed by atoms with van der Waals surface area (Å²) in [5, 5.41) is 19.6. The molecule has 4 aromatic rings. The number of rotatable bonds is 5. The van der Waals surface area contributed by atoms with Gasteiger partial charge in [-0.3, -0.25) is 9.20 Å². The number of aromatic nitrogens is 5. The molecule has 0 unspecified atom stereocenters. The molecule has 0 spiro atoms. The number of hydrogen-bond acceptors (Lipinski definition) is 7. The minimum atomic E-state index is -4.62. The highest BCUT2D eigenvalue weighted by atomic mass is 19.4. The molecule has 4 heterocycles. The molecule has 1 aromatic carbocycles. The average molecular weight is 525 g/mol. The van der Waals surface area contributed by atoms with Gasteiger partial charge in [-0.15, -0.1) is 10.2 Å². The zero-order chi connectivity index (χ0) is 27.4. The van der Waals surface area contributed by atoms with Gasteiger partial charge in [0.15, 0.2) is 11.5 Å². The van der Waals surface area contributed by atoms with E-state index in [4.69, 9.17) is 4.98 Å². The number of aryl methyl sites for hydroxylation is 1. The minimum absolute atomic E-state index is 0.0150. The first-order valence-corrected chi connectivity index (χ1v) is 11.5. The summed E-state index contributed by atoms with van der Waals surface area (Å²) in [5.74, 6) is -1.75. The Labute approximate surface area is 213 Å². The average Bonchev–Trinajstić information content (AvgIpc) is 3.30. The molecule has 38 heavy (non-hydrogen) atoms. The Hall–Kier alpha value is -4.68. The Morgan fingerprint density at radius 1 is 1.13 bits per heavy atom. The van der Waals surface area contributed by atoms with Crippen LogP contribution in [0.15, 0.2) is 47.9 Å². The van der Waals surface area contributed by atoms with Crippen molar-refractivity contribution >= 4 is 28.8 Å². The van der Waals surface area contributed by atoms with Crippen molar-refractivity contribution in [2.24, 2.45) is 0 Å². The van der Waals surface area contributed by atoms with Crippen LogP contribution in [0.3, 0.4) is 0 Å². The SMILES string of the molecule is C=C(Nc1ccccc1C(=O)O)c1cc(C)cn2c(=O)c(C)c(N3CCn4c(nnc4C(F)(F)F)C3)nc12. The lowest BCUT2D eigenvalue weighted by atomic mass is 10.1. The zero-order valence-corrected chi connectivity index (χ0v) is 20.4. The molecule has 2 N–H and O–H groups in total. The van der Waals surface area contributed by atoms with E-state index in [2.05, 4.69) is 22.1 Å². The third kappa shape index (κ3) is 4.25.